The van der Waals surface area contributed by atoms with E-state index >= 15 is 0 Å². The normalized spacial score (nSPS) is 15.0. The molecule has 1 atom stereocenters. The number of guanidine groups is 1. The van der Waals surface area contributed by atoms with Gasteiger partial charge in [0.15, 0.2) is 5.96 Å². The quantitative estimate of drug-likeness (QED) is 0.195. The lowest BCUT2D eigenvalue weighted by molar-refractivity contribution is -0.122. The Morgan fingerprint density at radius 1 is 1.20 bits per heavy atom. The van der Waals surface area contributed by atoms with Gasteiger partial charge in [0.25, 0.3) is 0 Å². The molecule has 0 bridgehead atoms. The third kappa shape index (κ3) is 8.04. The van der Waals surface area contributed by atoms with E-state index in [1.165, 1.54) is 0 Å². The van der Waals surface area contributed by atoms with Gasteiger partial charge in [0.1, 0.15) is 0 Å². The summed E-state index contributed by atoms with van der Waals surface area (Å²) >= 11 is 0. The molecule has 25 heavy (non-hydrogen) atoms. The van der Waals surface area contributed by atoms with Gasteiger partial charge in [0.2, 0.25) is 5.91 Å². The summed E-state index contributed by atoms with van der Waals surface area (Å²) in [6, 6.07) is 9.90. The first-order valence-electron chi connectivity index (χ1n) is 8.70. The van der Waals surface area contributed by atoms with Crippen LogP contribution in [0.25, 0.3) is 0 Å². The van der Waals surface area contributed by atoms with Crippen molar-refractivity contribution in [2.75, 3.05) is 32.8 Å². The predicted octanol–water partition coefficient (Wildman–Crippen LogP) is 1.46. The maximum Gasteiger partial charge on any atom is 0.223 e. The number of aliphatic hydroxyl groups is 1. The van der Waals surface area contributed by atoms with Crippen molar-refractivity contribution >= 4 is 35.8 Å². The van der Waals surface area contributed by atoms with Crippen molar-refractivity contribution in [3.63, 3.8) is 0 Å². The zero-order valence-corrected chi connectivity index (χ0v) is 17.0. The van der Waals surface area contributed by atoms with Gasteiger partial charge in [0, 0.05) is 31.5 Å². The van der Waals surface area contributed by atoms with Crippen molar-refractivity contribution < 1.29 is 9.90 Å². The molecule has 7 heteroatoms. The van der Waals surface area contributed by atoms with E-state index in [4.69, 9.17) is 0 Å². The van der Waals surface area contributed by atoms with Crippen molar-refractivity contribution in [2.24, 2.45) is 10.9 Å². The van der Waals surface area contributed by atoms with Crippen LogP contribution in [0.4, 0.5) is 0 Å². The van der Waals surface area contributed by atoms with Gasteiger partial charge in [-0.2, -0.15) is 0 Å². The third-order valence-corrected chi connectivity index (χ3v) is 3.97. The van der Waals surface area contributed by atoms with Gasteiger partial charge in [-0.3, -0.25) is 9.79 Å². The summed E-state index contributed by atoms with van der Waals surface area (Å²) in [6.45, 7) is 4.54. The number of carbonyl (C=O) groups excluding carboxylic acids is 1. The van der Waals surface area contributed by atoms with E-state index in [2.05, 4.69) is 20.9 Å². The van der Waals surface area contributed by atoms with Gasteiger partial charge >= 0.3 is 0 Å². The molecule has 0 spiro atoms. The number of nitrogens with zero attached hydrogens (tertiary/aromatic N) is 1. The highest BCUT2D eigenvalue weighted by Gasteiger charge is 2.28. The second-order valence-electron chi connectivity index (χ2n) is 6.00. The van der Waals surface area contributed by atoms with Gasteiger partial charge in [-0.15, -0.1) is 24.0 Å². The average Bonchev–Trinajstić information content (AvgIpc) is 3.45. The monoisotopic (exact) mass is 460 g/mol. The van der Waals surface area contributed by atoms with Gasteiger partial charge in [0.05, 0.1) is 13.2 Å². The Morgan fingerprint density at radius 3 is 2.48 bits per heavy atom. The Labute approximate surface area is 166 Å². The minimum absolute atomic E-state index is 0. The molecule has 1 saturated carbocycles. The Bertz CT molecular complexity index is 535. The number of aliphatic hydroxyl groups excluding tert-OH is 1. The second-order valence-corrected chi connectivity index (χ2v) is 6.00. The van der Waals surface area contributed by atoms with E-state index in [-0.39, 0.29) is 48.3 Å². The number of nitrogens with one attached hydrogen (secondary N) is 3. The molecule has 6 nitrogen and oxygen atoms in total. The van der Waals surface area contributed by atoms with Crippen LogP contribution in [-0.4, -0.2) is 49.8 Å². The first kappa shape index (κ1) is 21.7. The first-order valence-corrected chi connectivity index (χ1v) is 8.70. The standard InChI is InChI=1S/C18H28N4O2.HI/c1-2-19-18(21-11-10-20-17(24)15-8-9-15)22-12-16(13-23)14-6-4-3-5-7-14;/h3-7,15-16,23H,2,8-13H2,1H3,(H,20,24)(H2,19,21,22);1H. The molecule has 0 heterocycles. The number of halogens is 1. The van der Waals surface area contributed by atoms with Crippen LogP contribution in [0.15, 0.2) is 35.3 Å². The third-order valence-electron chi connectivity index (χ3n) is 3.97. The summed E-state index contributed by atoms with van der Waals surface area (Å²) in [5, 5.41) is 18.9. The van der Waals surface area contributed by atoms with Crippen LogP contribution in [0.3, 0.4) is 0 Å². The molecule has 0 aliphatic heterocycles. The zero-order valence-electron chi connectivity index (χ0n) is 14.7. The molecule has 1 unspecified atom stereocenters. The summed E-state index contributed by atoms with van der Waals surface area (Å²) in [6.07, 6.45) is 2.04. The summed E-state index contributed by atoms with van der Waals surface area (Å²) in [5.74, 6) is 1.08. The maximum absolute atomic E-state index is 11.6. The molecule has 1 amide bonds. The molecular weight excluding hydrogens is 431 g/mol. The first-order chi connectivity index (χ1) is 11.7. The number of aliphatic imine (C=N–C) groups is 1. The minimum Gasteiger partial charge on any atom is -0.396 e. The largest absolute Gasteiger partial charge is 0.396 e. The predicted molar refractivity (Wildman–Crippen MR) is 111 cm³/mol. The smallest absolute Gasteiger partial charge is 0.223 e. The fraction of sp³-hybridized carbons (Fsp3) is 0.556. The van der Waals surface area contributed by atoms with E-state index < -0.39 is 0 Å². The highest BCUT2D eigenvalue weighted by atomic mass is 127. The van der Waals surface area contributed by atoms with E-state index in [0.717, 1.165) is 24.9 Å². The number of hydrogen-bond donors (Lipinski definition) is 4. The molecule has 140 valence electrons. The fourth-order valence-corrected chi connectivity index (χ4v) is 2.39. The molecule has 2 rings (SSSR count). The highest BCUT2D eigenvalue weighted by Crippen LogP contribution is 2.28. The number of carbonyl (C=O) groups is 1. The van der Waals surface area contributed by atoms with E-state index in [1.54, 1.807) is 0 Å². The van der Waals surface area contributed by atoms with Crippen LogP contribution in [0.1, 0.15) is 31.2 Å². The SMILES string of the molecule is CCNC(=NCC(CO)c1ccccc1)NCCNC(=O)C1CC1.I. The van der Waals surface area contributed by atoms with Gasteiger partial charge in [-0.1, -0.05) is 30.3 Å². The van der Waals surface area contributed by atoms with E-state index in [9.17, 15) is 9.90 Å². The Balaban J connectivity index is 0.00000312. The topological polar surface area (TPSA) is 85.8 Å². The zero-order chi connectivity index (χ0) is 17.2. The lowest BCUT2D eigenvalue weighted by Crippen LogP contribution is -2.42. The molecule has 0 radical (unpaired) electrons. The molecule has 1 aromatic carbocycles. The van der Waals surface area contributed by atoms with Crippen molar-refractivity contribution in [1.82, 2.24) is 16.0 Å². The summed E-state index contributed by atoms with van der Waals surface area (Å²) < 4.78 is 0. The highest BCUT2D eigenvalue weighted by molar-refractivity contribution is 14.0. The second kappa shape index (κ2) is 12.1. The summed E-state index contributed by atoms with van der Waals surface area (Å²) in [5.41, 5.74) is 1.08. The van der Waals surface area contributed by atoms with Gasteiger partial charge in [-0.25, -0.2) is 0 Å². The Morgan fingerprint density at radius 2 is 1.88 bits per heavy atom. The maximum atomic E-state index is 11.6. The molecule has 1 aliphatic carbocycles. The summed E-state index contributed by atoms with van der Waals surface area (Å²) in [4.78, 5) is 16.1. The molecular formula is C18H29IN4O2. The number of benzene rings is 1. The van der Waals surface area contributed by atoms with Crippen LogP contribution in [-0.2, 0) is 4.79 Å². The fourth-order valence-electron chi connectivity index (χ4n) is 2.39. The number of amides is 1. The minimum atomic E-state index is -0.0174. The van der Waals surface area contributed by atoms with Crippen LogP contribution in [0, 0.1) is 5.92 Å². The van der Waals surface area contributed by atoms with Crippen molar-refractivity contribution in [3.8, 4) is 0 Å². The molecule has 1 fully saturated rings. The van der Waals surface area contributed by atoms with E-state index in [0.29, 0.717) is 25.6 Å². The van der Waals surface area contributed by atoms with Crippen molar-refractivity contribution in [1.29, 1.82) is 0 Å². The Kier molecular flexibility index (Phi) is 10.5. The Hall–Kier alpha value is -1.35. The molecule has 0 saturated heterocycles. The van der Waals surface area contributed by atoms with Crippen LogP contribution in [0.2, 0.25) is 0 Å². The molecule has 0 aromatic heterocycles. The van der Waals surface area contributed by atoms with E-state index in [1.807, 2.05) is 37.3 Å². The van der Waals surface area contributed by atoms with Crippen molar-refractivity contribution in [2.45, 2.75) is 25.7 Å². The van der Waals surface area contributed by atoms with Gasteiger partial charge in [-0.05, 0) is 25.3 Å². The van der Waals surface area contributed by atoms with Crippen LogP contribution in [0.5, 0.6) is 0 Å². The number of hydrogen-bond acceptors (Lipinski definition) is 3. The van der Waals surface area contributed by atoms with Crippen molar-refractivity contribution in [3.05, 3.63) is 35.9 Å². The average molecular weight is 460 g/mol. The van der Waals surface area contributed by atoms with Crippen LogP contribution < -0.4 is 16.0 Å². The van der Waals surface area contributed by atoms with Crippen LogP contribution >= 0.6 is 24.0 Å². The number of rotatable bonds is 9. The lowest BCUT2D eigenvalue weighted by atomic mass is 10.0. The summed E-state index contributed by atoms with van der Waals surface area (Å²) in [7, 11) is 0. The van der Waals surface area contributed by atoms with Gasteiger partial charge < -0.3 is 21.1 Å². The molecule has 1 aromatic rings. The molecule has 1 aliphatic rings. The lowest BCUT2D eigenvalue weighted by Gasteiger charge is -2.15. The molecule has 4 N–H and O–H groups in total.